The summed E-state index contributed by atoms with van der Waals surface area (Å²) >= 11 is 0. The Balaban J connectivity index is 1.93. The summed E-state index contributed by atoms with van der Waals surface area (Å²) in [5, 5.41) is 9.75. The molecule has 0 aliphatic rings. The molecule has 0 bridgehead atoms. The predicted molar refractivity (Wildman–Crippen MR) is 104 cm³/mol. The normalized spacial score (nSPS) is 14.0. The molecule has 0 saturated heterocycles. The number of hydrogen-bond acceptors (Lipinski definition) is 4. The summed E-state index contributed by atoms with van der Waals surface area (Å²) in [6, 6.07) is 13.7. The van der Waals surface area contributed by atoms with E-state index < -0.39 is 30.4 Å². The van der Waals surface area contributed by atoms with Gasteiger partial charge < -0.3 is 14.3 Å². The van der Waals surface area contributed by atoms with Gasteiger partial charge in [0.05, 0.1) is 12.2 Å². The Kier molecular flexibility index (Phi) is 5.71. The molecule has 29 heavy (non-hydrogen) atoms. The third kappa shape index (κ3) is 4.15. The summed E-state index contributed by atoms with van der Waals surface area (Å²) in [6.07, 6.45) is -3.87. The van der Waals surface area contributed by atoms with Gasteiger partial charge in [-0.1, -0.05) is 31.2 Å². The fraction of sp³-hybridized carbons (Fsp3) is 0.318. The minimum absolute atomic E-state index is 0.117. The molecule has 1 atom stereocenters. The molecule has 0 saturated carbocycles. The van der Waals surface area contributed by atoms with E-state index in [2.05, 4.69) is 0 Å². The molecule has 3 aromatic rings. The molecule has 0 aliphatic heterocycles. The molecule has 0 aliphatic carbocycles. The Labute approximate surface area is 165 Å². The maximum absolute atomic E-state index is 13.1. The fourth-order valence-corrected chi connectivity index (χ4v) is 2.92. The van der Waals surface area contributed by atoms with Crippen LogP contribution in [0.25, 0.3) is 22.1 Å². The van der Waals surface area contributed by atoms with Crippen molar-refractivity contribution in [3.63, 3.8) is 0 Å². The van der Waals surface area contributed by atoms with E-state index in [1.807, 2.05) is 31.2 Å². The number of benzene rings is 2. The summed E-state index contributed by atoms with van der Waals surface area (Å²) in [4.78, 5) is 12.5. The van der Waals surface area contributed by atoms with Crippen LogP contribution in [0.1, 0.15) is 19.4 Å². The summed E-state index contributed by atoms with van der Waals surface area (Å²) in [5.74, 6) is 0.117. The second-order valence-corrected chi connectivity index (χ2v) is 7.16. The number of rotatable bonds is 6. The first-order valence-corrected chi connectivity index (χ1v) is 9.15. The smallest absolute Gasteiger partial charge is 0.399 e. The second-order valence-electron chi connectivity index (χ2n) is 7.16. The van der Waals surface area contributed by atoms with Gasteiger partial charge in [0.25, 0.3) is 0 Å². The first-order chi connectivity index (χ1) is 13.7. The third-order valence-electron chi connectivity index (χ3n) is 4.99. The van der Waals surface area contributed by atoms with Gasteiger partial charge in [-0.15, -0.1) is 0 Å². The molecule has 0 radical (unpaired) electrons. The van der Waals surface area contributed by atoms with Crippen LogP contribution in [-0.2, 0) is 6.42 Å². The van der Waals surface area contributed by atoms with Crippen LogP contribution >= 0.6 is 0 Å². The molecule has 1 aromatic heterocycles. The SMILES string of the molecule is CCc1ccccc1-c1cc2ccc(OCC(C)(CO)C(F)(F)F)cc2oc1=O. The number of fused-ring (bicyclic) bond motifs is 1. The molecule has 154 valence electrons. The largest absolute Gasteiger partial charge is 0.492 e. The number of alkyl halides is 3. The Bertz CT molecular complexity index is 1070. The molecule has 3 rings (SSSR count). The zero-order valence-electron chi connectivity index (χ0n) is 16.0. The van der Waals surface area contributed by atoms with E-state index in [0.717, 1.165) is 24.5 Å². The number of aliphatic hydroxyl groups excluding tert-OH is 1. The molecule has 0 amide bonds. The topological polar surface area (TPSA) is 59.7 Å². The van der Waals surface area contributed by atoms with E-state index in [1.165, 1.54) is 12.1 Å². The predicted octanol–water partition coefficient (Wildman–Crippen LogP) is 4.96. The van der Waals surface area contributed by atoms with Gasteiger partial charge in [0.15, 0.2) is 0 Å². The molecular formula is C22H21F3O4. The van der Waals surface area contributed by atoms with E-state index in [1.54, 1.807) is 12.1 Å². The third-order valence-corrected chi connectivity index (χ3v) is 4.99. The van der Waals surface area contributed by atoms with Crippen LogP contribution in [0, 0.1) is 5.41 Å². The second kappa shape index (κ2) is 7.91. The van der Waals surface area contributed by atoms with Gasteiger partial charge in [-0.2, -0.15) is 13.2 Å². The highest BCUT2D eigenvalue weighted by atomic mass is 19.4. The van der Waals surface area contributed by atoms with Gasteiger partial charge in [0.1, 0.15) is 23.4 Å². The number of ether oxygens (including phenoxy) is 1. The first-order valence-electron chi connectivity index (χ1n) is 9.15. The average Bonchev–Trinajstić information content (AvgIpc) is 2.70. The van der Waals surface area contributed by atoms with Crippen LogP contribution < -0.4 is 10.4 Å². The summed E-state index contributed by atoms with van der Waals surface area (Å²) in [7, 11) is 0. The van der Waals surface area contributed by atoms with Crippen molar-refractivity contribution in [3.05, 3.63) is 64.5 Å². The average molecular weight is 406 g/mol. The molecule has 1 heterocycles. The van der Waals surface area contributed by atoms with Crippen molar-refractivity contribution in [1.29, 1.82) is 0 Å². The maximum atomic E-state index is 13.1. The highest BCUT2D eigenvalue weighted by Gasteiger charge is 2.51. The molecule has 2 aromatic carbocycles. The Morgan fingerprint density at radius 3 is 2.45 bits per heavy atom. The quantitative estimate of drug-likeness (QED) is 0.588. The van der Waals surface area contributed by atoms with Crippen LogP contribution in [0.3, 0.4) is 0 Å². The summed E-state index contributed by atoms with van der Waals surface area (Å²) < 4.78 is 49.9. The van der Waals surface area contributed by atoms with Crippen LogP contribution in [0.15, 0.2) is 57.7 Å². The number of halogens is 3. The van der Waals surface area contributed by atoms with E-state index >= 15 is 0 Å². The van der Waals surface area contributed by atoms with E-state index in [-0.39, 0.29) is 11.3 Å². The first kappa shape index (κ1) is 20.9. The van der Waals surface area contributed by atoms with Crippen molar-refractivity contribution in [1.82, 2.24) is 0 Å². The van der Waals surface area contributed by atoms with Gasteiger partial charge >= 0.3 is 11.8 Å². The Morgan fingerprint density at radius 2 is 1.79 bits per heavy atom. The van der Waals surface area contributed by atoms with Crippen molar-refractivity contribution >= 4 is 11.0 Å². The standard InChI is InChI=1S/C22H21F3O4/c1-3-14-6-4-5-7-17(14)18-10-15-8-9-16(11-19(15)29-20(18)27)28-13-21(2,12-26)22(23,24)25/h4-11,26H,3,12-13H2,1-2H3. The zero-order chi connectivity index (χ0) is 21.2. The van der Waals surface area contributed by atoms with Crippen LogP contribution in [0.4, 0.5) is 13.2 Å². The van der Waals surface area contributed by atoms with E-state index in [4.69, 9.17) is 14.3 Å². The molecule has 0 fully saturated rings. The van der Waals surface area contributed by atoms with Crippen molar-refractivity contribution < 1.29 is 27.4 Å². The molecule has 1 unspecified atom stereocenters. The van der Waals surface area contributed by atoms with Crippen molar-refractivity contribution in [3.8, 4) is 16.9 Å². The van der Waals surface area contributed by atoms with Gasteiger partial charge in [-0.25, -0.2) is 4.79 Å². The lowest BCUT2D eigenvalue weighted by atomic mass is 9.92. The fourth-order valence-electron chi connectivity index (χ4n) is 2.92. The maximum Gasteiger partial charge on any atom is 0.399 e. The monoisotopic (exact) mass is 406 g/mol. The molecular weight excluding hydrogens is 385 g/mol. The Morgan fingerprint density at radius 1 is 1.07 bits per heavy atom. The lowest BCUT2D eigenvalue weighted by Crippen LogP contribution is -2.43. The highest BCUT2D eigenvalue weighted by Crippen LogP contribution is 2.38. The summed E-state index contributed by atoms with van der Waals surface area (Å²) in [5.41, 5.74) is -0.497. The van der Waals surface area contributed by atoms with Gasteiger partial charge in [0.2, 0.25) is 0 Å². The summed E-state index contributed by atoms with van der Waals surface area (Å²) in [6.45, 7) is 1.02. The number of aryl methyl sites for hydroxylation is 1. The van der Waals surface area contributed by atoms with Crippen LogP contribution in [-0.4, -0.2) is 24.5 Å². The Hall–Kier alpha value is -2.80. The molecule has 7 heteroatoms. The molecule has 1 N–H and O–H groups in total. The van der Waals surface area contributed by atoms with Crippen molar-refractivity contribution in [2.24, 2.45) is 5.41 Å². The highest BCUT2D eigenvalue weighted by molar-refractivity contribution is 5.83. The van der Waals surface area contributed by atoms with Crippen molar-refractivity contribution in [2.45, 2.75) is 26.4 Å². The van der Waals surface area contributed by atoms with E-state index in [0.29, 0.717) is 10.9 Å². The molecule has 0 spiro atoms. The van der Waals surface area contributed by atoms with Gasteiger partial charge in [0, 0.05) is 11.5 Å². The number of hydrogen-bond donors (Lipinski definition) is 1. The van der Waals surface area contributed by atoms with Crippen LogP contribution in [0.2, 0.25) is 0 Å². The lowest BCUT2D eigenvalue weighted by molar-refractivity contribution is -0.237. The molecule has 4 nitrogen and oxygen atoms in total. The zero-order valence-corrected chi connectivity index (χ0v) is 16.0. The minimum Gasteiger partial charge on any atom is -0.492 e. The minimum atomic E-state index is -4.62. The van der Waals surface area contributed by atoms with Gasteiger partial charge in [-0.05, 0) is 42.7 Å². The van der Waals surface area contributed by atoms with E-state index in [9.17, 15) is 18.0 Å². The van der Waals surface area contributed by atoms with Crippen LogP contribution in [0.5, 0.6) is 5.75 Å². The van der Waals surface area contributed by atoms with Gasteiger partial charge in [-0.3, -0.25) is 0 Å². The van der Waals surface area contributed by atoms with Crippen molar-refractivity contribution in [2.75, 3.05) is 13.2 Å². The lowest BCUT2D eigenvalue weighted by Gasteiger charge is -2.29. The number of aliphatic hydroxyl groups is 1.